The van der Waals surface area contributed by atoms with E-state index in [0.717, 1.165) is 9.26 Å². The number of thiazole rings is 1. The molecule has 0 bridgehead atoms. The van der Waals surface area contributed by atoms with Gasteiger partial charge in [0, 0.05) is 26.6 Å². The lowest BCUT2D eigenvalue weighted by Crippen LogP contribution is -2.01. The molecule has 0 aliphatic rings. The van der Waals surface area contributed by atoms with Crippen LogP contribution < -0.4 is 5.43 Å². The number of anilines is 1. The summed E-state index contributed by atoms with van der Waals surface area (Å²) < 4.78 is 1.10. The zero-order valence-electron chi connectivity index (χ0n) is 13.1. The van der Waals surface area contributed by atoms with Crippen molar-refractivity contribution in [1.82, 2.24) is 4.98 Å². The second-order valence-electron chi connectivity index (χ2n) is 5.04. The van der Waals surface area contributed by atoms with Gasteiger partial charge in [-0.1, -0.05) is 12.1 Å². The third kappa shape index (κ3) is 4.22. The molecule has 0 radical (unpaired) electrons. The van der Waals surface area contributed by atoms with E-state index in [4.69, 9.17) is 0 Å². The summed E-state index contributed by atoms with van der Waals surface area (Å²) in [5, 5.41) is 26.5. The minimum atomic E-state index is -0.454. The maximum Gasteiger partial charge on any atom is 0.270 e. The quantitative estimate of drug-likeness (QED) is 0.250. The van der Waals surface area contributed by atoms with Crippen LogP contribution in [0.3, 0.4) is 0 Å². The number of nitriles is 1. The second-order valence-corrected chi connectivity index (χ2v) is 7.14. The maximum absolute atomic E-state index is 10.9. The van der Waals surface area contributed by atoms with Crippen LogP contribution in [0.4, 0.5) is 11.4 Å². The second kappa shape index (κ2) is 8.03. The molecule has 0 unspecified atom stereocenters. The van der Waals surface area contributed by atoms with E-state index < -0.39 is 4.92 Å². The molecule has 1 heterocycles. The highest BCUT2D eigenvalue weighted by Gasteiger charge is 2.13. The fraction of sp³-hybridized carbons (Fsp3) is 0. The lowest BCUT2D eigenvalue weighted by Gasteiger charge is -2.00. The van der Waals surface area contributed by atoms with E-state index in [1.54, 1.807) is 17.5 Å². The number of hydrogen-bond acceptors (Lipinski definition) is 7. The van der Waals surface area contributed by atoms with Crippen LogP contribution in [0, 0.1) is 25.0 Å². The average Bonchev–Trinajstić information content (AvgIpc) is 3.14. The summed E-state index contributed by atoms with van der Waals surface area (Å²) in [6.07, 6.45) is 0. The van der Waals surface area contributed by atoms with Gasteiger partial charge in [0.2, 0.25) is 0 Å². The average molecular weight is 475 g/mol. The van der Waals surface area contributed by atoms with E-state index in [0.29, 0.717) is 16.3 Å². The van der Waals surface area contributed by atoms with Gasteiger partial charge in [0.25, 0.3) is 5.69 Å². The number of halogens is 1. The van der Waals surface area contributed by atoms with E-state index in [1.165, 1.54) is 23.5 Å². The van der Waals surface area contributed by atoms with Gasteiger partial charge in [0.05, 0.1) is 16.3 Å². The number of aromatic nitrogens is 1. The predicted octanol–water partition coefficient (Wildman–Crippen LogP) is 4.66. The fourth-order valence-electron chi connectivity index (χ4n) is 2.06. The van der Waals surface area contributed by atoms with Crippen molar-refractivity contribution in [3.63, 3.8) is 0 Å². The summed E-state index contributed by atoms with van der Waals surface area (Å²) >= 11 is 3.46. The maximum atomic E-state index is 10.9. The number of hydrogen-bond donors (Lipinski definition) is 1. The van der Waals surface area contributed by atoms with Crippen molar-refractivity contribution in [3.8, 4) is 17.3 Å². The summed E-state index contributed by atoms with van der Waals surface area (Å²) in [6.45, 7) is 0. The third-order valence-corrected chi connectivity index (χ3v) is 4.87. The molecule has 1 N–H and O–H groups in total. The van der Waals surface area contributed by atoms with Crippen LogP contribution in [0.5, 0.6) is 0 Å². The van der Waals surface area contributed by atoms with Crippen LogP contribution in [-0.2, 0) is 0 Å². The Kier molecular flexibility index (Phi) is 5.55. The van der Waals surface area contributed by atoms with E-state index in [1.807, 2.05) is 30.3 Å². The van der Waals surface area contributed by atoms with Crippen molar-refractivity contribution in [2.45, 2.75) is 0 Å². The molecule has 0 amide bonds. The molecule has 7 nitrogen and oxygen atoms in total. The Labute approximate surface area is 166 Å². The van der Waals surface area contributed by atoms with Gasteiger partial charge in [-0.3, -0.25) is 15.5 Å². The van der Waals surface area contributed by atoms with Crippen LogP contribution in [0.2, 0.25) is 0 Å². The molecule has 0 aliphatic heterocycles. The summed E-state index contributed by atoms with van der Waals surface area (Å²) in [7, 11) is 0. The number of nitrogens with zero attached hydrogens (tertiary/aromatic N) is 4. The van der Waals surface area contributed by atoms with Crippen LogP contribution in [-0.4, -0.2) is 15.6 Å². The van der Waals surface area contributed by atoms with Crippen LogP contribution in [0.1, 0.15) is 5.01 Å². The highest BCUT2D eigenvalue weighted by molar-refractivity contribution is 14.1. The zero-order valence-corrected chi connectivity index (χ0v) is 16.1. The Hall–Kier alpha value is -2.84. The molecule has 0 atom stereocenters. The molecule has 128 valence electrons. The molecule has 0 aliphatic carbocycles. The minimum absolute atomic E-state index is 0.00778. The standard InChI is InChI=1S/C17H10IN5O2S/c18-12-4-6-13(7-5-12)21-22-15(9-19)17-20-16(10-26-17)11-2-1-3-14(8-11)23(24)25/h1-8,10,21H. The van der Waals surface area contributed by atoms with Gasteiger partial charge in [-0.05, 0) is 46.9 Å². The van der Waals surface area contributed by atoms with Crippen LogP contribution in [0.25, 0.3) is 11.3 Å². The number of nitro groups is 1. The first kappa shape index (κ1) is 18.0. The number of hydrazone groups is 1. The molecule has 2 aromatic carbocycles. The van der Waals surface area contributed by atoms with Gasteiger partial charge < -0.3 is 0 Å². The van der Waals surface area contributed by atoms with Gasteiger partial charge in [-0.25, -0.2) is 4.98 Å². The molecule has 9 heteroatoms. The van der Waals surface area contributed by atoms with Crippen molar-refractivity contribution in [2.75, 3.05) is 5.43 Å². The molecule has 0 saturated carbocycles. The lowest BCUT2D eigenvalue weighted by molar-refractivity contribution is -0.384. The minimum Gasteiger partial charge on any atom is -0.277 e. The Morgan fingerprint density at radius 3 is 2.77 bits per heavy atom. The Morgan fingerprint density at radius 2 is 2.08 bits per heavy atom. The number of nitro benzene ring substituents is 1. The summed E-state index contributed by atoms with van der Waals surface area (Å²) in [5.41, 5.74) is 4.90. The SMILES string of the molecule is N#CC(=NNc1ccc(I)cc1)c1nc(-c2cccc([N+](=O)[O-])c2)cs1. The van der Waals surface area contributed by atoms with Crippen molar-refractivity contribution in [2.24, 2.45) is 5.10 Å². The molecule has 1 aromatic heterocycles. The normalized spacial score (nSPS) is 11.0. The van der Waals surface area contributed by atoms with E-state index in [-0.39, 0.29) is 11.4 Å². The van der Waals surface area contributed by atoms with Crippen molar-refractivity contribution in [3.05, 3.63) is 72.6 Å². The molecule has 0 saturated heterocycles. The fourth-order valence-corrected chi connectivity index (χ4v) is 3.19. The zero-order chi connectivity index (χ0) is 18.5. The molecule has 0 spiro atoms. The first-order valence-corrected chi connectivity index (χ1v) is 9.23. The number of benzene rings is 2. The Balaban J connectivity index is 1.84. The summed E-state index contributed by atoms with van der Waals surface area (Å²) in [4.78, 5) is 14.8. The number of rotatable bonds is 5. The largest absolute Gasteiger partial charge is 0.277 e. The number of non-ortho nitro benzene ring substituents is 1. The van der Waals surface area contributed by atoms with Gasteiger partial charge in [0.15, 0.2) is 10.7 Å². The van der Waals surface area contributed by atoms with Crippen molar-refractivity contribution < 1.29 is 4.92 Å². The highest BCUT2D eigenvalue weighted by atomic mass is 127. The summed E-state index contributed by atoms with van der Waals surface area (Å²) in [5.74, 6) is 0. The van der Waals surface area contributed by atoms with Gasteiger partial charge in [-0.15, -0.1) is 11.3 Å². The molecule has 3 rings (SSSR count). The van der Waals surface area contributed by atoms with E-state index in [9.17, 15) is 15.4 Å². The topological polar surface area (TPSA) is 104 Å². The third-order valence-electron chi connectivity index (χ3n) is 3.31. The predicted molar refractivity (Wildman–Crippen MR) is 109 cm³/mol. The first-order valence-electron chi connectivity index (χ1n) is 7.27. The first-order chi connectivity index (χ1) is 12.6. The molecule has 26 heavy (non-hydrogen) atoms. The van der Waals surface area contributed by atoms with Gasteiger partial charge in [0.1, 0.15) is 6.07 Å². The smallest absolute Gasteiger partial charge is 0.270 e. The van der Waals surface area contributed by atoms with E-state index in [2.05, 4.69) is 38.1 Å². The van der Waals surface area contributed by atoms with Crippen LogP contribution in [0.15, 0.2) is 59.0 Å². The van der Waals surface area contributed by atoms with Gasteiger partial charge >= 0.3 is 0 Å². The lowest BCUT2D eigenvalue weighted by atomic mass is 10.1. The number of nitrogens with one attached hydrogen (secondary N) is 1. The van der Waals surface area contributed by atoms with Crippen molar-refractivity contribution >= 4 is 51.0 Å². The molecular formula is C17H10IN5O2S. The van der Waals surface area contributed by atoms with Crippen molar-refractivity contribution in [1.29, 1.82) is 5.26 Å². The van der Waals surface area contributed by atoms with Gasteiger partial charge in [-0.2, -0.15) is 10.4 Å². The molecule has 3 aromatic rings. The molecular weight excluding hydrogens is 465 g/mol. The molecule has 0 fully saturated rings. The Morgan fingerprint density at radius 1 is 1.31 bits per heavy atom. The van der Waals surface area contributed by atoms with E-state index >= 15 is 0 Å². The Bertz CT molecular complexity index is 1020. The monoisotopic (exact) mass is 475 g/mol. The highest BCUT2D eigenvalue weighted by Crippen LogP contribution is 2.25. The summed E-state index contributed by atoms with van der Waals surface area (Å²) in [6, 6.07) is 15.8. The van der Waals surface area contributed by atoms with Crippen LogP contribution >= 0.6 is 33.9 Å².